The van der Waals surface area contributed by atoms with Gasteiger partial charge in [-0.05, 0) is 49.4 Å². The monoisotopic (exact) mass is 443 g/mol. The van der Waals surface area contributed by atoms with Crippen LogP contribution in [0.5, 0.6) is 0 Å². The molecule has 0 saturated heterocycles. The molecule has 1 aliphatic rings. The van der Waals surface area contributed by atoms with Gasteiger partial charge in [0.2, 0.25) is 0 Å². The Balaban J connectivity index is 1.38. The summed E-state index contributed by atoms with van der Waals surface area (Å²) < 4.78 is 0. The summed E-state index contributed by atoms with van der Waals surface area (Å²) in [4.78, 5) is 32.3. The second-order valence-corrected chi connectivity index (χ2v) is 9.67. The van der Waals surface area contributed by atoms with Gasteiger partial charge in [0.1, 0.15) is 0 Å². The topological polar surface area (TPSA) is 71.1 Å². The number of aromatic nitrogens is 1. The molecule has 8 heteroatoms. The summed E-state index contributed by atoms with van der Waals surface area (Å²) in [7, 11) is 0. The first kappa shape index (κ1) is 20.1. The fraction of sp³-hybridized carbons (Fsp3) is 0.286. The molecule has 0 fully saturated rings. The lowest BCUT2D eigenvalue weighted by atomic mass is 10.1. The first-order valence-electron chi connectivity index (χ1n) is 9.52. The molecule has 0 saturated carbocycles. The lowest BCUT2D eigenvalue weighted by Crippen LogP contribution is -2.41. The summed E-state index contributed by atoms with van der Waals surface area (Å²) in [5, 5.41) is 2.00. The number of thiophene rings is 1. The van der Waals surface area contributed by atoms with Crippen molar-refractivity contribution in [1.29, 1.82) is 0 Å². The molecule has 2 heterocycles. The number of aryl methyl sites for hydroxylation is 2. The van der Waals surface area contributed by atoms with Gasteiger partial charge in [0, 0.05) is 20.9 Å². The molecule has 29 heavy (non-hydrogen) atoms. The molecule has 0 bridgehead atoms. The minimum Gasteiger partial charge on any atom is -0.267 e. The second kappa shape index (κ2) is 9.56. The lowest BCUT2D eigenvalue weighted by Gasteiger charge is -2.10. The van der Waals surface area contributed by atoms with Crippen LogP contribution in [0, 0.1) is 0 Å². The molecule has 2 aromatic heterocycles. The number of hydrazine groups is 1. The Hall–Kier alpha value is -2.16. The van der Waals surface area contributed by atoms with Crippen molar-refractivity contribution in [2.75, 3.05) is 0 Å². The first-order valence-corrected chi connectivity index (χ1v) is 12.3. The summed E-state index contributed by atoms with van der Waals surface area (Å²) in [5.74, 6) is 0.114. The van der Waals surface area contributed by atoms with Crippen molar-refractivity contribution in [3.63, 3.8) is 0 Å². The molecular formula is C21H21N3O2S3. The van der Waals surface area contributed by atoms with Gasteiger partial charge in [0.05, 0.1) is 21.6 Å². The van der Waals surface area contributed by atoms with Crippen LogP contribution in [0.4, 0.5) is 0 Å². The molecule has 0 atom stereocenters. The third kappa shape index (κ3) is 5.07. The van der Waals surface area contributed by atoms with E-state index in [0.29, 0.717) is 16.2 Å². The molecule has 0 aliphatic heterocycles. The summed E-state index contributed by atoms with van der Waals surface area (Å²) in [5.41, 5.74) is 9.74. The molecule has 0 radical (unpaired) electrons. The van der Waals surface area contributed by atoms with Crippen molar-refractivity contribution in [2.24, 2.45) is 0 Å². The van der Waals surface area contributed by atoms with Gasteiger partial charge in [0.15, 0.2) is 0 Å². The molecule has 4 rings (SSSR count). The Bertz CT molecular complexity index is 975. The van der Waals surface area contributed by atoms with E-state index in [-0.39, 0.29) is 11.8 Å². The molecule has 0 spiro atoms. The van der Waals surface area contributed by atoms with Crippen LogP contribution in [0.15, 0.2) is 46.1 Å². The van der Waals surface area contributed by atoms with E-state index in [2.05, 4.69) is 15.8 Å². The zero-order chi connectivity index (χ0) is 20.1. The van der Waals surface area contributed by atoms with Crippen molar-refractivity contribution < 1.29 is 9.59 Å². The summed E-state index contributed by atoms with van der Waals surface area (Å²) >= 11 is 4.65. The van der Waals surface area contributed by atoms with E-state index < -0.39 is 0 Å². The summed E-state index contributed by atoms with van der Waals surface area (Å²) in [6, 6.07) is 9.37. The number of hydrogen-bond acceptors (Lipinski definition) is 6. The van der Waals surface area contributed by atoms with Gasteiger partial charge < -0.3 is 0 Å². The number of fused-ring (bicyclic) bond motifs is 1. The van der Waals surface area contributed by atoms with Crippen LogP contribution in [-0.2, 0) is 18.6 Å². The van der Waals surface area contributed by atoms with E-state index >= 15 is 0 Å². The Labute approximate surface area is 181 Å². The minimum atomic E-state index is -0.321. The van der Waals surface area contributed by atoms with Crippen molar-refractivity contribution in [2.45, 2.75) is 42.8 Å². The van der Waals surface area contributed by atoms with Crippen LogP contribution in [0.1, 0.15) is 55.4 Å². The zero-order valence-corrected chi connectivity index (χ0v) is 18.2. The number of nitrogens with zero attached hydrogens (tertiary/aromatic N) is 1. The Morgan fingerprint density at radius 1 is 1.07 bits per heavy atom. The molecule has 2 amide bonds. The average Bonchev–Trinajstić information content (AvgIpc) is 3.36. The smallest absolute Gasteiger partial charge is 0.267 e. The van der Waals surface area contributed by atoms with Crippen LogP contribution in [-0.4, -0.2) is 16.8 Å². The maximum atomic E-state index is 12.7. The van der Waals surface area contributed by atoms with Gasteiger partial charge in [-0.2, -0.15) is 0 Å². The highest BCUT2D eigenvalue weighted by Gasteiger charge is 2.18. The largest absolute Gasteiger partial charge is 0.279 e. The van der Waals surface area contributed by atoms with E-state index in [9.17, 15) is 9.59 Å². The van der Waals surface area contributed by atoms with Crippen molar-refractivity contribution in [3.05, 3.63) is 67.8 Å². The lowest BCUT2D eigenvalue weighted by molar-refractivity contribution is 0.0847. The van der Waals surface area contributed by atoms with E-state index in [4.69, 9.17) is 0 Å². The molecular weight excluding hydrogens is 422 g/mol. The predicted octanol–water partition coefficient (Wildman–Crippen LogP) is 4.84. The number of carbonyl (C=O) groups excluding carboxylic acids is 2. The van der Waals surface area contributed by atoms with Gasteiger partial charge in [-0.1, -0.05) is 18.6 Å². The molecule has 0 unspecified atom stereocenters. The molecule has 1 aromatic carbocycles. The van der Waals surface area contributed by atoms with E-state index in [1.54, 1.807) is 46.0 Å². The van der Waals surface area contributed by atoms with Crippen molar-refractivity contribution >= 4 is 46.2 Å². The SMILES string of the molecule is O=C(NNC(=O)c1ccccc1SCc1cscn1)c1cc2c(s1)CCCCC2. The van der Waals surface area contributed by atoms with Crippen molar-refractivity contribution in [1.82, 2.24) is 15.8 Å². The average molecular weight is 444 g/mol. The quantitative estimate of drug-likeness (QED) is 0.336. The number of thioether (sulfide) groups is 1. The number of amides is 2. The van der Waals surface area contributed by atoms with E-state index in [0.717, 1.165) is 23.4 Å². The van der Waals surface area contributed by atoms with Crippen LogP contribution < -0.4 is 10.9 Å². The highest BCUT2D eigenvalue weighted by molar-refractivity contribution is 7.98. The van der Waals surface area contributed by atoms with Gasteiger partial charge in [0.25, 0.3) is 11.8 Å². The highest BCUT2D eigenvalue weighted by atomic mass is 32.2. The van der Waals surface area contributed by atoms with Crippen LogP contribution in [0.25, 0.3) is 0 Å². The fourth-order valence-corrected chi connectivity index (χ4v) is 6.03. The third-order valence-corrected chi connectivity index (χ3v) is 7.73. The number of nitrogens with one attached hydrogen (secondary N) is 2. The third-order valence-electron chi connectivity index (χ3n) is 4.75. The van der Waals surface area contributed by atoms with Gasteiger partial charge in [-0.3, -0.25) is 20.4 Å². The van der Waals surface area contributed by atoms with E-state index in [1.165, 1.54) is 29.7 Å². The van der Waals surface area contributed by atoms with Gasteiger partial charge >= 0.3 is 0 Å². The standard InChI is InChI=1S/C21H21N3O2S3/c25-20(16-7-4-5-9-18(16)28-12-15-11-27-13-22-15)23-24-21(26)19-10-14-6-2-1-3-8-17(14)29-19/h4-5,7,9-11,13H,1-3,6,8,12H2,(H,23,25)(H,24,26). The van der Waals surface area contributed by atoms with Crippen molar-refractivity contribution in [3.8, 4) is 0 Å². The number of carbonyl (C=O) groups is 2. The molecule has 2 N–H and O–H groups in total. The molecule has 1 aliphatic carbocycles. The normalized spacial score (nSPS) is 13.4. The Kier molecular flexibility index (Phi) is 6.63. The van der Waals surface area contributed by atoms with Gasteiger partial charge in [-0.25, -0.2) is 4.98 Å². The Morgan fingerprint density at radius 2 is 1.90 bits per heavy atom. The zero-order valence-electron chi connectivity index (χ0n) is 15.8. The minimum absolute atomic E-state index is 0.260. The predicted molar refractivity (Wildman–Crippen MR) is 119 cm³/mol. The number of rotatable bonds is 5. The van der Waals surface area contributed by atoms with Gasteiger partial charge in [-0.15, -0.1) is 34.4 Å². The highest BCUT2D eigenvalue weighted by Crippen LogP contribution is 2.29. The molecule has 150 valence electrons. The number of hydrogen-bond donors (Lipinski definition) is 2. The number of benzene rings is 1. The number of thiazole rings is 1. The molecule has 3 aromatic rings. The van der Waals surface area contributed by atoms with Crippen LogP contribution in [0.2, 0.25) is 0 Å². The summed E-state index contributed by atoms with van der Waals surface area (Å²) in [6.45, 7) is 0. The summed E-state index contributed by atoms with van der Waals surface area (Å²) in [6.07, 6.45) is 5.69. The second-order valence-electron chi connectivity index (χ2n) is 6.79. The maximum absolute atomic E-state index is 12.7. The first-order chi connectivity index (χ1) is 14.2. The fourth-order valence-electron chi connectivity index (χ4n) is 3.26. The van der Waals surface area contributed by atoms with E-state index in [1.807, 2.05) is 29.6 Å². The van der Waals surface area contributed by atoms with Crippen LogP contribution in [0.3, 0.4) is 0 Å². The maximum Gasteiger partial charge on any atom is 0.279 e. The Morgan fingerprint density at radius 3 is 2.76 bits per heavy atom. The molecule has 5 nitrogen and oxygen atoms in total. The van der Waals surface area contributed by atoms with Crippen LogP contribution >= 0.6 is 34.4 Å².